The van der Waals surface area contributed by atoms with Gasteiger partial charge in [-0.25, -0.2) is 0 Å². The SMILES string of the molecule is COCCN1CCN(C(CN2CCC(N3CCCCC3)CC2)c2ccccc2Cl)CC1. The Balaban J connectivity index is 1.36. The third-order valence-electron chi connectivity index (χ3n) is 7.62. The molecule has 0 saturated carbocycles. The number of rotatable bonds is 8. The lowest BCUT2D eigenvalue weighted by molar-refractivity contribution is 0.0445. The quantitative estimate of drug-likeness (QED) is 0.604. The fourth-order valence-corrected chi connectivity index (χ4v) is 5.93. The van der Waals surface area contributed by atoms with Gasteiger partial charge in [0.2, 0.25) is 0 Å². The van der Waals surface area contributed by atoms with Crippen LogP contribution in [0.15, 0.2) is 24.3 Å². The number of ether oxygens (including phenoxy) is 1. The molecule has 4 rings (SSSR count). The third kappa shape index (κ3) is 6.43. The molecule has 1 unspecified atom stereocenters. The van der Waals surface area contributed by atoms with Crippen molar-refractivity contribution in [1.29, 1.82) is 0 Å². The predicted molar refractivity (Wildman–Crippen MR) is 129 cm³/mol. The number of piperidine rings is 2. The first-order valence-corrected chi connectivity index (χ1v) is 12.8. The van der Waals surface area contributed by atoms with Crippen LogP contribution in [0.2, 0.25) is 5.02 Å². The van der Waals surface area contributed by atoms with Crippen LogP contribution in [-0.2, 0) is 4.74 Å². The van der Waals surface area contributed by atoms with Crippen LogP contribution < -0.4 is 0 Å². The Morgan fingerprint density at radius 2 is 1.61 bits per heavy atom. The Bertz CT molecular complexity index is 653. The summed E-state index contributed by atoms with van der Waals surface area (Å²) in [6, 6.07) is 9.68. The monoisotopic (exact) mass is 448 g/mol. The summed E-state index contributed by atoms with van der Waals surface area (Å²) in [6.45, 7) is 12.4. The Morgan fingerprint density at radius 1 is 0.903 bits per heavy atom. The minimum absolute atomic E-state index is 0.379. The van der Waals surface area contributed by atoms with Gasteiger partial charge in [-0.3, -0.25) is 9.80 Å². The first-order valence-electron chi connectivity index (χ1n) is 12.4. The van der Waals surface area contributed by atoms with E-state index in [-0.39, 0.29) is 0 Å². The maximum atomic E-state index is 6.70. The standard InChI is InChI=1S/C25H41ClN4O/c1-31-20-19-27-15-17-30(18-16-27)25(23-7-3-4-8-24(23)26)21-28-13-9-22(10-14-28)29-11-5-2-6-12-29/h3-4,7-8,22,25H,2,5-6,9-21H2,1H3. The van der Waals surface area contributed by atoms with Gasteiger partial charge in [0.15, 0.2) is 0 Å². The highest BCUT2D eigenvalue weighted by atomic mass is 35.5. The van der Waals surface area contributed by atoms with Gasteiger partial charge in [-0.1, -0.05) is 36.2 Å². The molecule has 1 aromatic rings. The highest BCUT2D eigenvalue weighted by molar-refractivity contribution is 6.31. The average molecular weight is 449 g/mol. The van der Waals surface area contributed by atoms with Gasteiger partial charge in [0.05, 0.1) is 6.61 Å². The normalized spacial score (nSPS) is 24.5. The van der Waals surface area contributed by atoms with Crippen molar-refractivity contribution in [2.75, 3.05) is 79.2 Å². The number of likely N-dealkylation sites (tertiary alicyclic amines) is 2. The van der Waals surface area contributed by atoms with Gasteiger partial charge < -0.3 is 14.5 Å². The van der Waals surface area contributed by atoms with E-state index < -0.39 is 0 Å². The predicted octanol–water partition coefficient (Wildman–Crippen LogP) is 3.60. The molecule has 3 heterocycles. The van der Waals surface area contributed by atoms with Crippen LogP contribution in [0.25, 0.3) is 0 Å². The lowest BCUT2D eigenvalue weighted by Crippen LogP contribution is -2.52. The summed E-state index contributed by atoms with van der Waals surface area (Å²) in [5.41, 5.74) is 1.30. The van der Waals surface area contributed by atoms with Gasteiger partial charge in [-0.05, 0) is 63.5 Å². The summed E-state index contributed by atoms with van der Waals surface area (Å²) in [7, 11) is 1.79. The van der Waals surface area contributed by atoms with Crippen molar-refractivity contribution in [3.63, 3.8) is 0 Å². The van der Waals surface area contributed by atoms with Gasteiger partial charge >= 0.3 is 0 Å². The summed E-state index contributed by atoms with van der Waals surface area (Å²) in [4.78, 5) is 10.7. The molecule has 1 atom stereocenters. The molecule has 174 valence electrons. The lowest BCUT2D eigenvalue weighted by atomic mass is 9.98. The van der Waals surface area contributed by atoms with E-state index in [9.17, 15) is 0 Å². The largest absolute Gasteiger partial charge is 0.383 e. The van der Waals surface area contributed by atoms with Crippen molar-refractivity contribution in [3.05, 3.63) is 34.9 Å². The highest BCUT2D eigenvalue weighted by Gasteiger charge is 2.31. The molecule has 3 aliphatic heterocycles. The van der Waals surface area contributed by atoms with Crippen LogP contribution in [0.5, 0.6) is 0 Å². The molecule has 0 radical (unpaired) electrons. The fourth-order valence-electron chi connectivity index (χ4n) is 5.67. The van der Waals surface area contributed by atoms with Crippen LogP contribution in [0, 0.1) is 0 Å². The summed E-state index contributed by atoms with van der Waals surface area (Å²) in [5, 5.41) is 0.914. The van der Waals surface area contributed by atoms with Gasteiger partial charge in [-0.2, -0.15) is 0 Å². The van der Waals surface area contributed by atoms with E-state index in [0.29, 0.717) is 6.04 Å². The van der Waals surface area contributed by atoms with E-state index in [4.69, 9.17) is 16.3 Å². The second kappa shape index (κ2) is 12.0. The third-order valence-corrected chi connectivity index (χ3v) is 7.96. The van der Waals surface area contributed by atoms with Crippen molar-refractivity contribution in [1.82, 2.24) is 19.6 Å². The molecule has 0 spiro atoms. The van der Waals surface area contributed by atoms with Crippen molar-refractivity contribution >= 4 is 11.6 Å². The Labute approximate surface area is 194 Å². The van der Waals surface area contributed by atoms with Crippen molar-refractivity contribution in [3.8, 4) is 0 Å². The second-order valence-electron chi connectivity index (χ2n) is 9.54. The number of nitrogens with zero attached hydrogens (tertiary/aromatic N) is 4. The van der Waals surface area contributed by atoms with Crippen molar-refractivity contribution < 1.29 is 4.74 Å². The summed E-state index contributed by atoms with van der Waals surface area (Å²) < 4.78 is 5.27. The maximum Gasteiger partial charge on any atom is 0.0589 e. The molecule has 3 fully saturated rings. The van der Waals surface area contributed by atoms with E-state index in [2.05, 4.69) is 43.9 Å². The van der Waals surface area contributed by atoms with Gasteiger partial charge in [0, 0.05) is 63.5 Å². The minimum Gasteiger partial charge on any atom is -0.383 e. The lowest BCUT2D eigenvalue weighted by Gasteiger charge is -2.44. The number of methoxy groups -OCH3 is 1. The Kier molecular flexibility index (Phi) is 9.06. The Hall–Kier alpha value is -0.690. The fraction of sp³-hybridized carbons (Fsp3) is 0.760. The number of benzene rings is 1. The number of hydrogen-bond donors (Lipinski definition) is 0. The molecule has 0 aromatic heterocycles. The number of hydrogen-bond acceptors (Lipinski definition) is 5. The van der Waals surface area contributed by atoms with Crippen LogP contribution in [0.3, 0.4) is 0 Å². The van der Waals surface area contributed by atoms with E-state index in [1.807, 2.05) is 0 Å². The summed E-state index contributed by atoms with van der Waals surface area (Å²) >= 11 is 6.70. The zero-order chi connectivity index (χ0) is 21.5. The Morgan fingerprint density at radius 3 is 2.29 bits per heavy atom. The van der Waals surface area contributed by atoms with Crippen LogP contribution in [0.4, 0.5) is 0 Å². The van der Waals surface area contributed by atoms with Crippen LogP contribution in [0.1, 0.15) is 43.7 Å². The molecular weight excluding hydrogens is 408 g/mol. The number of halogens is 1. The zero-order valence-corrected chi connectivity index (χ0v) is 20.1. The molecule has 3 saturated heterocycles. The molecule has 0 bridgehead atoms. The molecule has 0 aliphatic carbocycles. The molecule has 6 heteroatoms. The molecule has 0 amide bonds. The smallest absolute Gasteiger partial charge is 0.0589 e. The topological polar surface area (TPSA) is 22.2 Å². The zero-order valence-electron chi connectivity index (χ0n) is 19.4. The van der Waals surface area contributed by atoms with E-state index in [1.165, 1.54) is 63.8 Å². The van der Waals surface area contributed by atoms with E-state index >= 15 is 0 Å². The molecule has 5 nitrogen and oxygen atoms in total. The second-order valence-corrected chi connectivity index (χ2v) is 9.94. The molecular formula is C25H41ClN4O. The highest BCUT2D eigenvalue weighted by Crippen LogP contribution is 2.31. The summed E-state index contributed by atoms with van der Waals surface area (Å²) in [6.07, 6.45) is 6.85. The first kappa shape index (κ1) is 23.5. The van der Waals surface area contributed by atoms with Crippen molar-refractivity contribution in [2.45, 2.75) is 44.2 Å². The van der Waals surface area contributed by atoms with Crippen molar-refractivity contribution in [2.24, 2.45) is 0 Å². The maximum absolute atomic E-state index is 6.70. The first-order chi connectivity index (χ1) is 15.2. The molecule has 1 aromatic carbocycles. The summed E-state index contributed by atoms with van der Waals surface area (Å²) in [5.74, 6) is 0. The van der Waals surface area contributed by atoms with Crippen LogP contribution in [-0.4, -0.2) is 105 Å². The van der Waals surface area contributed by atoms with Gasteiger partial charge in [-0.15, -0.1) is 0 Å². The van der Waals surface area contributed by atoms with E-state index in [0.717, 1.165) is 56.9 Å². The molecule has 31 heavy (non-hydrogen) atoms. The van der Waals surface area contributed by atoms with Gasteiger partial charge in [0.1, 0.15) is 0 Å². The van der Waals surface area contributed by atoms with Gasteiger partial charge in [0.25, 0.3) is 0 Å². The van der Waals surface area contributed by atoms with Crippen LogP contribution >= 0.6 is 11.6 Å². The molecule has 0 N–H and O–H groups in total. The number of piperazine rings is 1. The molecule has 3 aliphatic rings. The average Bonchev–Trinajstić information content (AvgIpc) is 2.83. The minimum atomic E-state index is 0.379. The van der Waals surface area contributed by atoms with E-state index in [1.54, 1.807) is 7.11 Å².